The van der Waals surface area contributed by atoms with Crippen molar-refractivity contribution >= 4 is 0 Å². The van der Waals surface area contributed by atoms with Gasteiger partial charge in [-0.2, -0.15) is 0 Å². The van der Waals surface area contributed by atoms with E-state index in [1.807, 2.05) is 6.92 Å². The summed E-state index contributed by atoms with van der Waals surface area (Å²) >= 11 is 0. The van der Waals surface area contributed by atoms with E-state index >= 15 is 0 Å². The summed E-state index contributed by atoms with van der Waals surface area (Å²) in [5.74, 6) is 1.05. The summed E-state index contributed by atoms with van der Waals surface area (Å²) in [7, 11) is 4.21. The Hall–Kier alpha value is -1.10. The Morgan fingerprint density at radius 2 is 2.00 bits per heavy atom. The minimum absolute atomic E-state index is 0.726. The Labute approximate surface area is 135 Å². The maximum absolute atomic E-state index is 5.79. The van der Waals surface area contributed by atoms with E-state index in [9.17, 15) is 0 Å². The molecule has 2 rings (SSSR count). The fourth-order valence-corrected chi connectivity index (χ4v) is 2.91. The molecule has 124 valence electrons. The van der Waals surface area contributed by atoms with Crippen LogP contribution in [-0.4, -0.2) is 63.4 Å². The molecule has 0 aliphatic carbocycles. The fraction of sp³-hybridized carbons (Fsp3) is 0.667. The maximum Gasteiger partial charge on any atom is 0.122 e. The molecule has 4 heteroatoms. The SMILES string of the molecule is CCOc1ccc(CN(C)C)cc1CCCN1CCOCC1. The third-order valence-corrected chi connectivity index (χ3v) is 3.95. The molecule has 4 nitrogen and oxygen atoms in total. The van der Waals surface area contributed by atoms with E-state index in [1.165, 1.54) is 17.5 Å². The van der Waals surface area contributed by atoms with E-state index < -0.39 is 0 Å². The molecule has 1 aromatic rings. The number of ether oxygens (including phenoxy) is 2. The van der Waals surface area contributed by atoms with Gasteiger partial charge < -0.3 is 14.4 Å². The van der Waals surface area contributed by atoms with Gasteiger partial charge in [0.25, 0.3) is 0 Å². The molecule has 0 atom stereocenters. The standard InChI is InChI=1S/C18H30N2O2/c1-4-22-18-8-7-16(15-19(2)3)14-17(18)6-5-9-20-10-12-21-13-11-20/h7-8,14H,4-6,9-13,15H2,1-3H3. The van der Waals surface area contributed by atoms with E-state index in [0.29, 0.717) is 0 Å². The molecule has 1 fully saturated rings. The topological polar surface area (TPSA) is 24.9 Å². The highest BCUT2D eigenvalue weighted by Gasteiger charge is 2.11. The molecule has 0 aromatic heterocycles. The number of nitrogens with zero attached hydrogens (tertiary/aromatic N) is 2. The summed E-state index contributed by atoms with van der Waals surface area (Å²) in [5.41, 5.74) is 2.70. The average molecular weight is 306 g/mol. The molecule has 0 radical (unpaired) electrons. The van der Waals surface area contributed by atoms with Crippen molar-refractivity contribution in [1.29, 1.82) is 0 Å². The normalized spacial score (nSPS) is 16.2. The van der Waals surface area contributed by atoms with Crippen molar-refractivity contribution in [2.45, 2.75) is 26.3 Å². The van der Waals surface area contributed by atoms with Gasteiger partial charge in [0, 0.05) is 19.6 Å². The summed E-state index contributed by atoms with van der Waals surface area (Å²) in [6.07, 6.45) is 2.25. The lowest BCUT2D eigenvalue weighted by Gasteiger charge is -2.26. The van der Waals surface area contributed by atoms with E-state index in [-0.39, 0.29) is 0 Å². The second-order valence-corrected chi connectivity index (χ2v) is 6.17. The minimum atomic E-state index is 0.726. The number of hydrogen-bond acceptors (Lipinski definition) is 4. The number of aryl methyl sites for hydroxylation is 1. The van der Waals surface area contributed by atoms with Crippen LogP contribution in [0.3, 0.4) is 0 Å². The van der Waals surface area contributed by atoms with Gasteiger partial charge in [0.15, 0.2) is 0 Å². The summed E-state index contributed by atoms with van der Waals surface area (Å²) in [6.45, 7) is 8.79. The molecule has 1 aliphatic heterocycles. The fourth-order valence-electron chi connectivity index (χ4n) is 2.91. The van der Waals surface area contributed by atoms with Gasteiger partial charge in [-0.3, -0.25) is 4.90 Å². The van der Waals surface area contributed by atoms with Gasteiger partial charge >= 0.3 is 0 Å². The van der Waals surface area contributed by atoms with Gasteiger partial charge in [-0.1, -0.05) is 12.1 Å². The van der Waals surface area contributed by atoms with Crippen LogP contribution in [0.15, 0.2) is 18.2 Å². The van der Waals surface area contributed by atoms with E-state index in [0.717, 1.165) is 58.2 Å². The summed E-state index contributed by atoms with van der Waals surface area (Å²) < 4.78 is 11.2. The van der Waals surface area contributed by atoms with E-state index in [4.69, 9.17) is 9.47 Å². The van der Waals surface area contributed by atoms with E-state index in [1.54, 1.807) is 0 Å². The lowest BCUT2D eigenvalue weighted by molar-refractivity contribution is 0.0374. The molecular weight excluding hydrogens is 276 g/mol. The van der Waals surface area contributed by atoms with Crippen LogP contribution in [0.1, 0.15) is 24.5 Å². The number of rotatable bonds is 8. The largest absolute Gasteiger partial charge is 0.494 e. The van der Waals surface area contributed by atoms with Gasteiger partial charge in [-0.15, -0.1) is 0 Å². The number of morpholine rings is 1. The van der Waals surface area contributed by atoms with Crippen LogP contribution in [0.4, 0.5) is 0 Å². The Bertz CT molecular complexity index is 443. The van der Waals surface area contributed by atoms with Crippen molar-refractivity contribution in [2.75, 3.05) is 53.6 Å². The Morgan fingerprint density at radius 1 is 1.23 bits per heavy atom. The number of hydrogen-bond donors (Lipinski definition) is 0. The van der Waals surface area contributed by atoms with Crippen molar-refractivity contribution in [3.05, 3.63) is 29.3 Å². The molecule has 0 bridgehead atoms. The van der Waals surface area contributed by atoms with Crippen molar-refractivity contribution in [3.63, 3.8) is 0 Å². The first-order chi connectivity index (χ1) is 10.7. The molecule has 0 spiro atoms. The first-order valence-electron chi connectivity index (χ1n) is 8.38. The lowest BCUT2D eigenvalue weighted by atomic mass is 10.0. The van der Waals surface area contributed by atoms with Crippen LogP contribution in [-0.2, 0) is 17.7 Å². The highest BCUT2D eigenvalue weighted by molar-refractivity contribution is 5.37. The first kappa shape index (κ1) is 17.3. The van der Waals surface area contributed by atoms with Crippen molar-refractivity contribution < 1.29 is 9.47 Å². The second-order valence-electron chi connectivity index (χ2n) is 6.17. The third kappa shape index (κ3) is 5.59. The molecule has 0 unspecified atom stereocenters. The highest BCUT2D eigenvalue weighted by Crippen LogP contribution is 2.22. The summed E-state index contributed by atoms with van der Waals surface area (Å²) in [6, 6.07) is 6.62. The van der Waals surface area contributed by atoms with Crippen LogP contribution < -0.4 is 4.74 Å². The monoisotopic (exact) mass is 306 g/mol. The predicted octanol–water partition coefficient (Wildman–Crippen LogP) is 2.41. The van der Waals surface area contributed by atoms with Gasteiger partial charge in [0.05, 0.1) is 19.8 Å². The van der Waals surface area contributed by atoms with Crippen LogP contribution in [0.25, 0.3) is 0 Å². The molecule has 1 aliphatic rings. The molecule has 0 saturated carbocycles. The molecular formula is C18H30N2O2. The summed E-state index contributed by atoms with van der Waals surface area (Å²) in [5, 5.41) is 0. The molecule has 1 saturated heterocycles. The summed E-state index contributed by atoms with van der Waals surface area (Å²) in [4.78, 5) is 4.70. The number of benzene rings is 1. The quantitative estimate of drug-likeness (QED) is 0.736. The van der Waals surface area contributed by atoms with Gasteiger partial charge in [0.1, 0.15) is 5.75 Å². The van der Waals surface area contributed by atoms with Crippen molar-refractivity contribution in [1.82, 2.24) is 9.80 Å². The van der Waals surface area contributed by atoms with Crippen LogP contribution in [0.5, 0.6) is 5.75 Å². The molecule has 22 heavy (non-hydrogen) atoms. The third-order valence-electron chi connectivity index (χ3n) is 3.95. The van der Waals surface area contributed by atoms with Crippen LogP contribution in [0, 0.1) is 0 Å². The van der Waals surface area contributed by atoms with E-state index in [2.05, 4.69) is 42.1 Å². The smallest absolute Gasteiger partial charge is 0.122 e. The molecule has 1 heterocycles. The highest BCUT2D eigenvalue weighted by atomic mass is 16.5. The Kier molecular flexibility index (Phi) is 7.16. The van der Waals surface area contributed by atoms with Crippen molar-refractivity contribution in [3.8, 4) is 5.75 Å². The van der Waals surface area contributed by atoms with Crippen molar-refractivity contribution in [2.24, 2.45) is 0 Å². The first-order valence-corrected chi connectivity index (χ1v) is 8.38. The minimum Gasteiger partial charge on any atom is -0.494 e. The second kappa shape index (κ2) is 9.13. The zero-order valence-electron chi connectivity index (χ0n) is 14.3. The molecule has 0 amide bonds. The maximum atomic E-state index is 5.79. The van der Waals surface area contributed by atoms with Crippen LogP contribution >= 0.6 is 0 Å². The van der Waals surface area contributed by atoms with Gasteiger partial charge in [-0.05, 0) is 57.6 Å². The predicted molar refractivity (Wildman–Crippen MR) is 90.6 cm³/mol. The van der Waals surface area contributed by atoms with Crippen LogP contribution in [0.2, 0.25) is 0 Å². The molecule has 0 N–H and O–H groups in total. The zero-order valence-corrected chi connectivity index (χ0v) is 14.3. The Morgan fingerprint density at radius 3 is 2.68 bits per heavy atom. The van der Waals surface area contributed by atoms with Gasteiger partial charge in [-0.25, -0.2) is 0 Å². The average Bonchev–Trinajstić information content (AvgIpc) is 2.50. The zero-order chi connectivity index (χ0) is 15.8. The molecule has 1 aromatic carbocycles. The van der Waals surface area contributed by atoms with Gasteiger partial charge in [0.2, 0.25) is 0 Å². The Balaban J connectivity index is 1.93. The lowest BCUT2D eigenvalue weighted by Crippen LogP contribution is -2.36.